The van der Waals surface area contributed by atoms with Gasteiger partial charge in [-0.15, -0.1) is 12.5 Å². The number of allylic oxidation sites excluding steroid dienone is 1. The fraction of sp³-hybridized carbons (Fsp3) is 0.111. The molecule has 0 aliphatic heterocycles. The Morgan fingerprint density at radius 2 is 2.18 bits per heavy atom. The maximum absolute atomic E-state index is 3.12. The second-order valence-corrected chi connectivity index (χ2v) is 2.12. The molecule has 0 nitrogen and oxygen atoms in total. The number of benzene rings is 1. The third-order valence-corrected chi connectivity index (χ3v) is 1.51. The summed E-state index contributed by atoms with van der Waals surface area (Å²) in [5, 5.41) is 0. The van der Waals surface area contributed by atoms with Gasteiger partial charge < -0.3 is 17.7 Å². The molecule has 1 aromatic carbocycles. The third kappa shape index (κ3) is 2.53. The van der Waals surface area contributed by atoms with Gasteiger partial charge in [-0.3, -0.25) is 5.56 Å². The van der Waals surface area contributed by atoms with Crippen LogP contribution in [0.5, 0.6) is 0 Å². The average Bonchev–Trinajstić information content (AvgIpc) is 2.33. The van der Waals surface area contributed by atoms with Crippen molar-refractivity contribution in [3.63, 3.8) is 0 Å². The van der Waals surface area contributed by atoms with Crippen molar-refractivity contribution in [1.29, 1.82) is 0 Å². The third-order valence-electron chi connectivity index (χ3n) is 1.51. The molecule has 0 heterocycles. The van der Waals surface area contributed by atoms with E-state index in [9.17, 15) is 0 Å². The first-order valence-corrected chi connectivity index (χ1v) is 3.04. The van der Waals surface area contributed by atoms with Crippen molar-refractivity contribution in [2.75, 3.05) is 0 Å². The van der Waals surface area contributed by atoms with Gasteiger partial charge in [0, 0.05) is 49.7 Å². The average molecular weight is 403 g/mol. The molecule has 0 amide bonds. The van der Waals surface area contributed by atoms with E-state index in [1.54, 1.807) is 0 Å². The molecule has 1 aromatic rings. The fourth-order valence-electron chi connectivity index (χ4n) is 1.04. The van der Waals surface area contributed by atoms with E-state index < -0.39 is 0 Å². The van der Waals surface area contributed by atoms with Crippen molar-refractivity contribution in [3.05, 3.63) is 47.5 Å². The molecule has 0 saturated carbocycles. The van der Waals surface area contributed by atoms with Gasteiger partial charge in [-0.2, -0.15) is 12.1 Å². The molecule has 1 aliphatic carbocycles. The Kier molecular flexibility index (Phi) is 5.56. The van der Waals surface area contributed by atoms with Crippen LogP contribution in [0.4, 0.5) is 0 Å². The summed E-state index contributed by atoms with van der Waals surface area (Å²) in [5.74, 6) is 0. The summed E-state index contributed by atoms with van der Waals surface area (Å²) in [6.45, 7) is 0. The first kappa shape index (κ1) is 11.6. The predicted molar refractivity (Wildman–Crippen MR) is 35.9 cm³/mol. The maximum Gasteiger partial charge on any atom is 0 e. The second kappa shape index (κ2) is 5.28. The van der Waals surface area contributed by atoms with E-state index in [2.05, 4.69) is 18.2 Å². The Labute approximate surface area is 103 Å². The van der Waals surface area contributed by atoms with E-state index in [0.717, 1.165) is 12.0 Å². The van der Waals surface area contributed by atoms with Crippen LogP contribution in [-0.4, -0.2) is 0 Å². The minimum Gasteiger partial charge on any atom is -0.379 e. The van der Waals surface area contributed by atoms with Crippen LogP contribution in [0.1, 0.15) is 11.1 Å². The topological polar surface area (TPSA) is 0 Å². The standard InChI is InChI=1S/C9H6.U.V/c1-2-5-9-7-3-6-8(9)4-1;;/h1-4H,6H2;;/q-2;;. The minimum absolute atomic E-state index is 0. The number of hydrogen-bond acceptors (Lipinski definition) is 0. The number of fused-ring (bicyclic) bond motifs is 1. The summed E-state index contributed by atoms with van der Waals surface area (Å²) < 4.78 is 0. The predicted octanol–water partition coefficient (Wildman–Crippen LogP) is 1.75. The Hall–Kier alpha value is 0.596. The van der Waals surface area contributed by atoms with E-state index >= 15 is 0 Å². The number of rotatable bonds is 0. The quantitative estimate of drug-likeness (QED) is 0.580. The Morgan fingerprint density at radius 3 is 2.91 bits per heavy atom. The van der Waals surface area contributed by atoms with Crippen LogP contribution in [-0.2, 0) is 25.0 Å². The van der Waals surface area contributed by atoms with Gasteiger partial charge in [0.25, 0.3) is 0 Å². The van der Waals surface area contributed by atoms with Crippen LogP contribution < -0.4 is 0 Å². The van der Waals surface area contributed by atoms with E-state index in [1.165, 1.54) is 5.56 Å². The van der Waals surface area contributed by atoms with Crippen LogP contribution in [0.2, 0.25) is 0 Å². The normalized spacial score (nSPS) is 11.3. The van der Waals surface area contributed by atoms with Crippen LogP contribution in [0.15, 0.2) is 24.3 Å². The molecular formula is C9H6UV-2. The summed E-state index contributed by atoms with van der Waals surface area (Å²) >= 11 is 0. The molecule has 2 rings (SSSR count). The molecule has 0 saturated heterocycles. The largest absolute Gasteiger partial charge is 0.379 e. The smallest absolute Gasteiger partial charge is 0 e. The van der Waals surface area contributed by atoms with E-state index in [4.69, 9.17) is 0 Å². The zero-order valence-electron chi connectivity index (χ0n) is 5.96. The molecule has 1 radical (unpaired) electrons. The minimum atomic E-state index is 0. The van der Waals surface area contributed by atoms with Gasteiger partial charge in [0.05, 0.1) is 0 Å². The molecule has 0 atom stereocenters. The zero-order chi connectivity index (χ0) is 6.10. The van der Waals surface area contributed by atoms with E-state index in [-0.39, 0.29) is 49.7 Å². The van der Waals surface area contributed by atoms with Crippen molar-refractivity contribution < 1.29 is 49.7 Å². The molecule has 0 N–H and O–H groups in total. The van der Waals surface area contributed by atoms with Gasteiger partial charge in [-0.25, -0.2) is 6.08 Å². The van der Waals surface area contributed by atoms with Gasteiger partial charge in [0.15, 0.2) is 0 Å². The molecule has 0 aromatic heterocycles. The summed E-state index contributed by atoms with van der Waals surface area (Å²) in [4.78, 5) is 0. The second-order valence-electron chi connectivity index (χ2n) is 2.12. The molecule has 2 heteroatoms. The van der Waals surface area contributed by atoms with Gasteiger partial charge in [0.2, 0.25) is 0 Å². The van der Waals surface area contributed by atoms with Crippen molar-refractivity contribution in [2.24, 2.45) is 0 Å². The Bertz CT molecular complexity index is 255. The van der Waals surface area contributed by atoms with Crippen LogP contribution in [0.3, 0.4) is 0 Å². The molecule has 0 bridgehead atoms. The van der Waals surface area contributed by atoms with Crippen LogP contribution in [0, 0.1) is 43.3 Å². The summed E-state index contributed by atoms with van der Waals surface area (Å²) in [6, 6.07) is 9.16. The SMILES string of the molecule is [C-]1=CCc2ccc[c-]c21.[U].[V]. The maximum atomic E-state index is 3.12. The zero-order valence-corrected chi connectivity index (χ0v) is 11.5. The summed E-state index contributed by atoms with van der Waals surface area (Å²) in [6.07, 6.45) is 6.20. The monoisotopic (exact) mass is 403 g/mol. The fourth-order valence-corrected chi connectivity index (χ4v) is 1.04. The summed E-state index contributed by atoms with van der Waals surface area (Å²) in [5.41, 5.74) is 2.48. The van der Waals surface area contributed by atoms with Crippen molar-refractivity contribution >= 4 is 0 Å². The van der Waals surface area contributed by atoms with Crippen LogP contribution >= 0.6 is 0 Å². The van der Waals surface area contributed by atoms with E-state index in [0.29, 0.717) is 0 Å². The van der Waals surface area contributed by atoms with Crippen LogP contribution in [0.25, 0.3) is 0 Å². The van der Waals surface area contributed by atoms with E-state index in [1.807, 2.05) is 18.2 Å². The molecule has 1 aliphatic rings. The van der Waals surface area contributed by atoms with Crippen molar-refractivity contribution in [2.45, 2.75) is 6.42 Å². The number of hydrogen-bond donors (Lipinski definition) is 0. The molecular weight excluding hydrogens is 397 g/mol. The molecule has 11 heavy (non-hydrogen) atoms. The van der Waals surface area contributed by atoms with Gasteiger partial charge in [0.1, 0.15) is 0 Å². The Balaban J connectivity index is 0.000000500. The molecule has 0 fully saturated rings. The Morgan fingerprint density at radius 1 is 1.36 bits per heavy atom. The van der Waals surface area contributed by atoms with Gasteiger partial charge in [-0.1, -0.05) is 0 Å². The molecule has 0 spiro atoms. The summed E-state index contributed by atoms with van der Waals surface area (Å²) in [7, 11) is 0. The van der Waals surface area contributed by atoms with Crippen molar-refractivity contribution in [3.8, 4) is 0 Å². The first-order valence-electron chi connectivity index (χ1n) is 3.04. The van der Waals surface area contributed by atoms with Crippen molar-refractivity contribution in [1.82, 2.24) is 0 Å². The first-order chi connectivity index (χ1) is 4.47. The molecule has 0 unspecified atom stereocenters. The van der Waals surface area contributed by atoms with Gasteiger partial charge in [-0.05, 0) is 0 Å². The van der Waals surface area contributed by atoms with Gasteiger partial charge >= 0.3 is 0 Å². The molecule has 53 valence electrons.